The van der Waals surface area contributed by atoms with E-state index < -0.39 is 5.97 Å². The fourth-order valence-electron chi connectivity index (χ4n) is 2.42. The Bertz CT molecular complexity index is 705. The molecule has 0 radical (unpaired) electrons. The van der Waals surface area contributed by atoms with Crippen molar-refractivity contribution in [3.05, 3.63) is 35.5 Å². The van der Waals surface area contributed by atoms with Crippen LogP contribution in [-0.4, -0.2) is 29.2 Å². The summed E-state index contributed by atoms with van der Waals surface area (Å²) >= 11 is 0. The third-order valence-corrected chi connectivity index (χ3v) is 3.47. The van der Waals surface area contributed by atoms with Crippen LogP contribution in [0.25, 0.3) is 11.3 Å². The first kappa shape index (κ1) is 12.4. The number of carboxylic acids is 1. The number of carboxylic acid groups (broad SMARTS) is 1. The predicted octanol–water partition coefficient (Wildman–Crippen LogP) is 1.95. The molecule has 0 saturated carbocycles. The molecule has 6 nitrogen and oxygen atoms in total. The molecule has 0 atom stereocenters. The summed E-state index contributed by atoms with van der Waals surface area (Å²) in [5, 5.41) is 12.4. The molecule has 1 aliphatic heterocycles. The maximum atomic E-state index is 11.7. The van der Waals surface area contributed by atoms with E-state index >= 15 is 0 Å². The molecule has 1 amide bonds. The van der Waals surface area contributed by atoms with E-state index in [2.05, 4.69) is 5.16 Å². The maximum Gasteiger partial charge on any atom is 0.358 e. The fraction of sp³-hybridized carbons (Fsp3) is 0.214. The van der Waals surface area contributed by atoms with Crippen LogP contribution in [-0.2, 0) is 11.2 Å². The predicted molar refractivity (Wildman–Crippen MR) is 70.6 cm³/mol. The van der Waals surface area contributed by atoms with E-state index in [1.54, 1.807) is 11.9 Å². The molecular weight excluding hydrogens is 260 g/mol. The van der Waals surface area contributed by atoms with Gasteiger partial charge in [-0.15, -0.1) is 0 Å². The fourth-order valence-corrected chi connectivity index (χ4v) is 2.42. The molecule has 0 bridgehead atoms. The van der Waals surface area contributed by atoms with Gasteiger partial charge in [0.15, 0.2) is 11.5 Å². The smallest absolute Gasteiger partial charge is 0.358 e. The lowest BCUT2D eigenvalue weighted by atomic mass is 9.95. The summed E-state index contributed by atoms with van der Waals surface area (Å²) in [5.41, 5.74) is 2.45. The molecule has 1 aromatic carbocycles. The van der Waals surface area contributed by atoms with Crippen LogP contribution in [0.3, 0.4) is 0 Å². The number of amides is 1. The minimum absolute atomic E-state index is 0.0680. The van der Waals surface area contributed by atoms with Crippen molar-refractivity contribution in [2.45, 2.75) is 12.8 Å². The number of aromatic nitrogens is 1. The maximum absolute atomic E-state index is 11.7. The van der Waals surface area contributed by atoms with Gasteiger partial charge in [0.05, 0.1) is 0 Å². The van der Waals surface area contributed by atoms with E-state index in [4.69, 9.17) is 9.63 Å². The standard InChI is InChI=1S/C14H12N2O4/c1-16-11-4-2-3-9(8(11)5-6-13(16)17)12-7-10(14(18)19)15-20-12/h2-4,7H,5-6H2,1H3,(H,18,19). The van der Waals surface area contributed by atoms with E-state index in [9.17, 15) is 9.59 Å². The van der Waals surface area contributed by atoms with Gasteiger partial charge in [-0.3, -0.25) is 4.79 Å². The Balaban J connectivity index is 2.11. The number of carbonyl (C=O) groups is 2. The molecule has 102 valence electrons. The molecular formula is C14H12N2O4. The van der Waals surface area contributed by atoms with E-state index in [0.717, 1.165) is 16.8 Å². The average Bonchev–Trinajstić information content (AvgIpc) is 2.92. The van der Waals surface area contributed by atoms with Gasteiger partial charge >= 0.3 is 5.97 Å². The zero-order valence-electron chi connectivity index (χ0n) is 10.8. The second-order valence-electron chi connectivity index (χ2n) is 4.64. The highest BCUT2D eigenvalue weighted by Crippen LogP contribution is 2.35. The highest BCUT2D eigenvalue weighted by atomic mass is 16.5. The Hall–Kier alpha value is -2.63. The molecule has 1 aliphatic rings. The lowest BCUT2D eigenvalue weighted by molar-refractivity contribution is -0.118. The van der Waals surface area contributed by atoms with E-state index in [1.165, 1.54) is 6.07 Å². The van der Waals surface area contributed by atoms with Crippen LogP contribution in [0.4, 0.5) is 5.69 Å². The van der Waals surface area contributed by atoms with Gasteiger partial charge in [0.25, 0.3) is 0 Å². The van der Waals surface area contributed by atoms with Crippen LogP contribution < -0.4 is 4.90 Å². The first-order chi connectivity index (χ1) is 9.58. The van der Waals surface area contributed by atoms with Gasteiger partial charge in [-0.1, -0.05) is 17.3 Å². The Morgan fingerprint density at radius 3 is 2.90 bits per heavy atom. The highest BCUT2D eigenvalue weighted by molar-refractivity contribution is 5.97. The summed E-state index contributed by atoms with van der Waals surface area (Å²) in [6, 6.07) is 6.92. The largest absolute Gasteiger partial charge is 0.476 e. The van der Waals surface area contributed by atoms with E-state index in [1.807, 2.05) is 18.2 Å². The van der Waals surface area contributed by atoms with Crippen molar-refractivity contribution in [3.8, 4) is 11.3 Å². The second kappa shape index (κ2) is 4.48. The van der Waals surface area contributed by atoms with Crippen molar-refractivity contribution in [3.63, 3.8) is 0 Å². The van der Waals surface area contributed by atoms with Gasteiger partial charge in [0, 0.05) is 30.8 Å². The van der Waals surface area contributed by atoms with Gasteiger partial charge in [-0.2, -0.15) is 0 Å². The molecule has 1 aromatic heterocycles. The SMILES string of the molecule is CN1C(=O)CCc2c(-c3cc(C(=O)O)no3)cccc21. The third kappa shape index (κ3) is 1.85. The number of rotatable bonds is 2. The van der Waals surface area contributed by atoms with Crippen molar-refractivity contribution in [1.29, 1.82) is 0 Å². The van der Waals surface area contributed by atoms with Crippen LogP contribution in [0.1, 0.15) is 22.5 Å². The van der Waals surface area contributed by atoms with Crippen molar-refractivity contribution in [2.24, 2.45) is 0 Å². The summed E-state index contributed by atoms with van der Waals surface area (Å²) in [4.78, 5) is 24.2. The number of hydrogen-bond acceptors (Lipinski definition) is 4. The van der Waals surface area contributed by atoms with Gasteiger partial charge < -0.3 is 14.5 Å². The number of carbonyl (C=O) groups excluding carboxylic acids is 1. The summed E-state index contributed by atoms with van der Waals surface area (Å²) < 4.78 is 5.11. The average molecular weight is 272 g/mol. The third-order valence-electron chi connectivity index (χ3n) is 3.47. The normalized spacial score (nSPS) is 14.2. The Morgan fingerprint density at radius 2 is 2.20 bits per heavy atom. The Labute approximate surface area is 114 Å². The number of aromatic carboxylic acids is 1. The number of hydrogen-bond donors (Lipinski definition) is 1. The molecule has 1 N–H and O–H groups in total. The van der Waals surface area contributed by atoms with Gasteiger partial charge in [0.1, 0.15) is 0 Å². The summed E-state index contributed by atoms with van der Waals surface area (Å²) in [5.74, 6) is -0.655. The molecule has 0 spiro atoms. The van der Waals surface area contributed by atoms with Crippen molar-refractivity contribution >= 4 is 17.6 Å². The molecule has 0 aliphatic carbocycles. The summed E-state index contributed by atoms with van der Waals surface area (Å²) in [7, 11) is 1.73. The lowest BCUT2D eigenvalue weighted by Gasteiger charge is -2.26. The number of benzene rings is 1. The molecule has 20 heavy (non-hydrogen) atoms. The molecule has 0 fully saturated rings. The first-order valence-electron chi connectivity index (χ1n) is 6.17. The Kier molecular flexibility index (Phi) is 2.78. The van der Waals surface area contributed by atoms with E-state index in [-0.39, 0.29) is 11.6 Å². The zero-order chi connectivity index (χ0) is 14.3. The molecule has 3 rings (SSSR count). The minimum atomic E-state index is -1.13. The lowest BCUT2D eigenvalue weighted by Crippen LogP contribution is -2.31. The topological polar surface area (TPSA) is 83.6 Å². The quantitative estimate of drug-likeness (QED) is 0.903. The first-order valence-corrected chi connectivity index (χ1v) is 6.17. The van der Waals surface area contributed by atoms with Gasteiger partial charge in [0.2, 0.25) is 5.91 Å². The van der Waals surface area contributed by atoms with Crippen LogP contribution in [0, 0.1) is 0 Å². The molecule has 0 saturated heterocycles. The molecule has 2 aromatic rings. The summed E-state index contributed by atoms with van der Waals surface area (Å²) in [6.07, 6.45) is 1.04. The van der Waals surface area contributed by atoms with E-state index in [0.29, 0.717) is 18.6 Å². The van der Waals surface area contributed by atoms with Crippen LogP contribution in [0.15, 0.2) is 28.8 Å². The molecule has 2 heterocycles. The Morgan fingerprint density at radius 1 is 1.40 bits per heavy atom. The van der Waals surface area contributed by atoms with Crippen LogP contribution in [0.2, 0.25) is 0 Å². The minimum Gasteiger partial charge on any atom is -0.476 e. The number of anilines is 1. The second-order valence-corrected chi connectivity index (χ2v) is 4.64. The number of nitrogens with zero attached hydrogens (tertiary/aromatic N) is 2. The van der Waals surface area contributed by atoms with Crippen LogP contribution in [0.5, 0.6) is 0 Å². The van der Waals surface area contributed by atoms with Crippen molar-refractivity contribution in [2.75, 3.05) is 11.9 Å². The van der Waals surface area contributed by atoms with Gasteiger partial charge in [-0.25, -0.2) is 4.79 Å². The van der Waals surface area contributed by atoms with Gasteiger partial charge in [-0.05, 0) is 18.1 Å². The van der Waals surface area contributed by atoms with Crippen molar-refractivity contribution in [1.82, 2.24) is 5.16 Å². The number of fused-ring (bicyclic) bond motifs is 1. The van der Waals surface area contributed by atoms with Crippen LogP contribution >= 0.6 is 0 Å². The summed E-state index contributed by atoms with van der Waals surface area (Å²) in [6.45, 7) is 0. The van der Waals surface area contributed by atoms with Crippen molar-refractivity contribution < 1.29 is 19.2 Å². The molecule has 6 heteroatoms. The molecule has 0 unspecified atom stereocenters. The zero-order valence-corrected chi connectivity index (χ0v) is 10.8. The monoisotopic (exact) mass is 272 g/mol. The highest BCUT2D eigenvalue weighted by Gasteiger charge is 2.24.